The zero-order chi connectivity index (χ0) is 44.6. The summed E-state index contributed by atoms with van der Waals surface area (Å²) in [4.78, 5) is 15.0. The molecule has 3 unspecified atom stereocenters. The van der Waals surface area contributed by atoms with Crippen molar-refractivity contribution in [2.45, 2.75) is 155 Å². The molecule has 4 atom stereocenters. The van der Waals surface area contributed by atoms with Crippen LogP contribution in [0.5, 0.6) is 0 Å². The van der Waals surface area contributed by atoms with Crippen LogP contribution in [-0.2, 0) is 4.79 Å². The Balaban J connectivity index is -0.000000453. The number of hydrogen-bond donors (Lipinski definition) is 2. The number of likely N-dealkylation sites (tertiary alicyclic amines) is 1. The molecule has 56 heavy (non-hydrogen) atoms. The Morgan fingerprint density at radius 1 is 0.911 bits per heavy atom. The lowest BCUT2D eigenvalue weighted by atomic mass is 9.93. The van der Waals surface area contributed by atoms with Gasteiger partial charge in [0.05, 0.1) is 11.4 Å². The minimum atomic E-state index is 0.0373. The van der Waals surface area contributed by atoms with Crippen LogP contribution >= 0.6 is 12.2 Å². The van der Waals surface area contributed by atoms with E-state index in [2.05, 4.69) is 127 Å². The number of hydrogen-bond acceptors (Lipinski definition) is 5. The average molecular weight is 790 g/mol. The second-order valence-electron chi connectivity index (χ2n) is 13.9. The lowest BCUT2D eigenvalue weighted by Crippen LogP contribution is -2.36. The molecule has 3 N–H and O–H groups in total. The lowest BCUT2D eigenvalue weighted by molar-refractivity contribution is -0.120. The number of carbonyl (C=O) groups excluding carboxylic acids is 1. The monoisotopic (exact) mass is 790 g/mol. The van der Waals surface area contributed by atoms with Crippen molar-refractivity contribution in [3.63, 3.8) is 0 Å². The van der Waals surface area contributed by atoms with E-state index in [9.17, 15) is 4.79 Å². The van der Waals surface area contributed by atoms with Gasteiger partial charge in [-0.1, -0.05) is 197 Å². The Labute approximate surface area is 354 Å². The summed E-state index contributed by atoms with van der Waals surface area (Å²) in [7, 11) is 0. The zero-order valence-corrected chi connectivity index (χ0v) is 40.2. The number of allylic oxidation sites excluding steroid dienone is 8. The highest BCUT2D eigenvalue weighted by Crippen LogP contribution is 2.31. The largest absolute Gasteiger partial charge is 0.397 e. The van der Waals surface area contributed by atoms with Gasteiger partial charge in [0.1, 0.15) is 5.78 Å². The van der Waals surface area contributed by atoms with E-state index in [0.29, 0.717) is 28.7 Å². The van der Waals surface area contributed by atoms with E-state index < -0.39 is 0 Å². The molecule has 4 nitrogen and oxygen atoms in total. The second kappa shape index (κ2) is 35.7. The molecule has 5 heteroatoms. The molecule has 0 amide bonds. The van der Waals surface area contributed by atoms with Gasteiger partial charge in [0.25, 0.3) is 0 Å². The molecule has 0 aromatic heterocycles. The van der Waals surface area contributed by atoms with Gasteiger partial charge in [-0.05, 0) is 85.1 Å². The van der Waals surface area contributed by atoms with E-state index in [4.69, 9.17) is 18.0 Å². The molecule has 1 saturated heterocycles. The summed E-state index contributed by atoms with van der Waals surface area (Å²) in [5.41, 5.74) is 14.6. The molecule has 3 rings (SSSR count). The van der Waals surface area contributed by atoms with Crippen LogP contribution in [-0.4, -0.2) is 34.2 Å². The highest BCUT2D eigenvalue weighted by atomic mass is 32.1. The van der Waals surface area contributed by atoms with Gasteiger partial charge in [-0.25, -0.2) is 0 Å². The highest BCUT2D eigenvalue weighted by molar-refractivity contribution is 7.80. The van der Waals surface area contributed by atoms with Crippen molar-refractivity contribution >= 4 is 22.9 Å². The number of Topliss-reactive ketones (excluding diaryl/α,β-unsaturated/α-hetero) is 1. The third-order valence-corrected chi connectivity index (χ3v) is 8.90. The Morgan fingerprint density at radius 3 is 1.79 bits per heavy atom. The van der Waals surface area contributed by atoms with Crippen molar-refractivity contribution in [2.24, 2.45) is 23.5 Å². The molecule has 1 aliphatic carbocycles. The number of benzene rings is 1. The molecule has 0 spiro atoms. The van der Waals surface area contributed by atoms with E-state index in [1.807, 2.05) is 75.3 Å². The molecule has 1 aromatic carbocycles. The summed E-state index contributed by atoms with van der Waals surface area (Å²) in [5, 5.41) is 3.42. The standard InChI is InChI=1S/C27H41N3OS.C8H10.C8H12.4C2H6/c1-17(2)10-13-25-15-24(23(9)31)16-30(25)20(6)12-11-19(5)27(18(3)4)29-22(8)26(28)14-21(7)32;1-7-3-5-8(2)6-4-7;1-7-5-3-4-6-8(7)2;4*1-2/h10,13-14,18,24-25,27,29H,1,5-6,8,11-12,15-16,28H2,2-4,7,9H3;3-6H,1-2H3;3-5,8H,6H2,1-2H3;4*1-2H3/b13-10+,26-14-;;;;;;/t;;8-;;;;/m..1..../s1. The van der Waals surface area contributed by atoms with Crippen molar-refractivity contribution in [1.82, 2.24) is 10.2 Å². The first-order valence-electron chi connectivity index (χ1n) is 21.2. The number of nitrogens with zero attached hydrogens (tertiary/aromatic N) is 1. The van der Waals surface area contributed by atoms with Crippen LogP contribution in [0.15, 0.2) is 121 Å². The van der Waals surface area contributed by atoms with Crippen molar-refractivity contribution in [3.05, 3.63) is 132 Å². The van der Waals surface area contributed by atoms with Gasteiger partial charge in [0.2, 0.25) is 0 Å². The van der Waals surface area contributed by atoms with Gasteiger partial charge in [0.15, 0.2) is 0 Å². The van der Waals surface area contributed by atoms with Crippen LogP contribution in [0.25, 0.3) is 0 Å². The van der Waals surface area contributed by atoms with Crippen LogP contribution < -0.4 is 11.1 Å². The molecular formula is C51H87N3OS. The Kier molecular flexibility index (Phi) is 37.6. The normalized spacial score (nSPS) is 17.0. The van der Waals surface area contributed by atoms with Crippen molar-refractivity contribution in [3.8, 4) is 0 Å². The fourth-order valence-electron chi connectivity index (χ4n) is 5.39. The van der Waals surface area contributed by atoms with Crippen LogP contribution in [0.2, 0.25) is 0 Å². The Morgan fingerprint density at radius 2 is 1.41 bits per heavy atom. The summed E-state index contributed by atoms with van der Waals surface area (Å²) in [6.07, 6.45) is 16.1. The molecule has 0 saturated carbocycles. The van der Waals surface area contributed by atoms with E-state index >= 15 is 0 Å². The van der Waals surface area contributed by atoms with Crippen molar-refractivity contribution in [1.29, 1.82) is 0 Å². The SMILES string of the molecule is C=C(C)/C=C/C1CC(C(C)=O)CN1C(=C)CCC(=C)C(NC(=C)/C(N)=C/C(C)=S)C(C)C.CC.CC.CC.CC.CC1=CC=CC[C@H]1C.Cc1ccc(C)cc1. The fraction of sp³-hybridized carbons (Fsp3) is 0.529. The molecule has 0 bridgehead atoms. The predicted molar refractivity (Wildman–Crippen MR) is 260 cm³/mol. The van der Waals surface area contributed by atoms with Gasteiger partial charge in [0, 0.05) is 35.1 Å². The van der Waals surface area contributed by atoms with Gasteiger partial charge in [-0.15, -0.1) is 0 Å². The maximum absolute atomic E-state index is 12.0. The van der Waals surface area contributed by atoms with Gasteiger partial charge in [-0.3, -0.25) is 4.79 Å². The molecule has 318 valence electrons. The minimum absolute atomic E-state index is 0.0373. The summed E-state index contributed by atoms with van der Waals surface area (Å²) in [6.45, 7) is 51.8. The predicted octanol–water partition coefficient (Wildman–Crippen LogP) is 14.5. The lowest BCUT2D eigenvalue weighted by Gasteiger charge is -2.30. The smallest absolute Gasteiger partial charge is 0.134 e. The maximum atomic E-state index is 12.0. The van der Waals surface area contributed by atoms with E-state index in [1.54, 1.807) is 13.0 Å². The molecule has 1 fully saturated rings. The first kappa shape index (κ1) is 59.0. The molecule has 1 heterocycles. The average Bonchev–Trinajstić information content (AvgIpc) is 3.62. The summed E-state index contributed by atoms with van der Waals surface area (Å²) in [6, 6.07) is 8.69. The van der Waals surface area contributed by atoms with E-state index in [-0.39, 0.29) is 23.8 Å². The molecule has 2 aliphatic rings. The van der Waals surface area contributed by atoms with Gasteiger partial charge < -0.3 is 16.0 Å². The van der Waals surface area contributed by atoms with Crippen LogP contribution in [0.1, 0.15) is 141 Å². The first-order valence-corrected chi connectivity index (χ1v) is 21.6. The summed E-state index contributed by atoms with van der Waals surface area (Å²) >= 11 is 5.11. The number of rotatable bonds is 13. The third kappa shape index (κ3) is 27.0. The summed E-state index contributed by atoms with van der Waals surface area (Å²) < 4.78 is 0. The van der Waals surface area contributed by atoms with E-state index in [1.165, 1.54) is 23.1 Å². The minimum Gasteiger partial charge on any atom is -0.397 e. The summed E-state index contributed by atoms with van der Waals surface area (Å²) in [5.74, 6) is 1.37. The maximum Gasteiger partial charge on any atom is 0.134 e. The highest BCUT2D eigenvalue weighted by Gasteiger charge is 2.33. The van der Waals surface area contributed by atoms with Crippen LogP contribution in [0, 0.1) is 31.6 Å². The molecule has 0 radical (unpaired) electrons. The quantitative estimate of drug-likeness (QED) is 0.0902. The third-order valence-electron chi connectivity index (χ3n) is 8.79. The number of nitrogens with one attached hydrogen (secondary N) is 1. The number of thiocarbonyl (C=S) groups is 1. The van der Waals surface area contributed by atoms with Crippen molar-refractivity contribution < 1.29 is 4.79 Å². The number of ketones is 1. The second-order valence-corrected chi connectivity index (χ2v) is 14.5. The zero-order valence-electron chi connectivity index (χ0n) is 39.4. The van der Waals surface area contributed by atoms with Crippen LogP contribution in [0.4, 0.5) is 0 Å². The Hall–Kier alpha value is -3.70. The van der Waals surface area contributed by atoms with Gasteiger partial charge in [-0.2, -0.15) is 0 Å². The van der Waals surface area contributed by atoms with E-state index in [0.717, 1.165) is 42.0 Å². The number of aryl methyl sites for hydroxylation is 2. The molecule has 1 aromatic rings. The number of nitrogens with two attached hydrogens (primary N) is 1. The van der Waals surface area contributed by atoms with Gasteiger partial charge >= 0.3 is 0 Å². The van der Waals surface area contributed by atoms with Crippen molar-refractivity contribution in [2.75, 3.05) is 6.54 Å². The Bertz CT molecular complexity index is 1390. The first-order chi connectivity index (χ1) is 26.4. The topological polar surface area (TPSA) is 58.4 Å². The molecular weight excluding hydrogens is 703 g/mol. The fourth-order valence-corrected chi connectivity index (χ4v) is 5.52. The molecule has 1 aliphatic heterocycles. The van der Waals surface area contributed by atoms with Crippen LogP contribution in [0.3, 0.4) is 0 Å². The number of carbonyl (C=O) groups is 1.